The lowest BCUT2D eigenvalue weighted by Gasteiger charge is -2.14. The number of para-hydroxylation sites is 1. The zero-order chi connectivity index (χ0) is 29.9. The van der Waals surface area contributed by atoms with Crippen molar-refractivity contribution >= 4 is 46.9 Å². The Kier molecular flexibility index (Phi) is 10.5. The van der Waals surface area contributed by atoms with Crippen LogP contribution in [0.1, 0.15) is 29.8 Å². The monoisotopic (exact) mass is 583 g/mol. The fourth-order valence-corrected chi connectivity index (χ4v) is 4.70. The fourth-order valence-electron chi connectivity index (χ4n) is 3.83. The molecule has 9 heteroatoms. The molecule has 0 heterocycles. The standard InChI is InChI=1S/C33H30FN3O4S/c1-3-41-30-12-8-7-11-24(30)21-29(37-32(39)23-9-5-4-6-10-23)33(40)36-27-17-19-28(20-18-27)42-22(2)31(38)35-26-15-13-25(34)14-16-26/h4-22H,3H2,1-2H3,(H,35,38)(H,36,40)(H,37,39)/b29-21-. The summed E-state index contributed by atoms with van der Waals surface area (Å²) in [6, 6.07) is 28.5. The molecule has 4 aromatic carbocycles. The van der Waals surface area contributed by atoms with E-state index in [4.69, 9.17) is 4.74 Å². The number of carbonyl (C=O) groups is 3. The van der Waals surface area contributed by atoms with E-state index in [0.29, 0.717) is 34.9 Å². The number of amides is 3. The number of rotatable bonds is 11. The lowest BCUT2D eigenvalue weighted by atomic mass is 10.1. The summed E-state index contributed by atoms with van der Waals surface area (Å²) in [4.78, 5) is 39.7. The lowest BCUT2D eigenvalue weighted by Crippen LogP contribution is -2.30. The molecule has 1 atom stereocenters. The fraction of sp³-hybridized carbons (Fsp3) is 0.121. The van der Waals surface area contributed by atoms with Gasteiger partial charge >= 0.3 is 0 Å². The Morgan fingerprint density at radius 2 is 1.45 bits per heavy atom. The summed E-state index contributed by atoms with van der Waals surface area (Å²) in [6.07, 6.45) is 1.58. The molecule has 3 amide bonds. The average molecular weight is 584 g/mol. The van der Waals surface area contributed by atoms with E-state index in [1.165, 1.54) is 36.0 Å². The maximum Gasteiger partial charge on any atom is 0.272 e. The van der Waals surface area contributed by atoms with E-state index in [0.717, 1.165) is 4.90 Å². The number of carbonyl (C=O) groups excluding carboxylic acids is 3. The molecule has 7 nitrogen and oxygen atoms in total. The van der Waals surface area contributed by atoms with Crippen molar-refractivity contribution in [2.45, 2.75) is 24.0 Å². The zero-order valence-electron chi connectivity index (χ0n) is 23.1. The Hall–Kier alpha value is -4.89. The van der Waals surface area contributed by atoms with Gasteiger partial charge in [-0.25, -0.2) is 4.39 Å². The number of benzene rings is 4. The van der Waals surface area contributed by atoms with E-state index in [-0.39, 0.29) is 17.4 Å². The minimum atomic E-state index is -0.516. The van der Waals surface area contributed by atoms with Crippen LogP contribution in [-0.4, -0.2) is 29.6 Å². The Morgan fingerprint density at radius 3 is 2.14 bits per heavy atom. The summed E-state index contributed by atoms with van der Waals surface area (Å²) >= 11 is 1.34. The smallest absolute Gasteiger partial charge is 0.272 e. The predicted molar refractivity (Wildman–Crippen MR) is 165 cm³/mol. The molecule has 0 bridgehead atoms. The minimum Gasteiger partial charge on any atom is -0.493 e. The molecular weight excluding hydrogens is 553 g/mol. The normalized spacial score (nSPS) is 11.7. The lowest BCUT2D eigenvalue weighted by molar-refractivity contribution is -0.115. The first-order chi connectivity index (χ1) is 20.3. The second-order valence-electron chi connectivity index (χ2n) is 9.08. The van der Waals surface area contributed by atoms with Gasteiger partial charge in [0.1, 0.15) is 17.3 Å². The van der Waals surface area contributed by atoms with Gasteiger partial charge in [-0.15, -0.1) is 11.8 Å². The van der Waals surface area contributed by atoms with Crippen LogP contribution in [0.4, 0.5) is 15.8 Å². The second kappa shape index (κ2) is 14.7. The second-order valence-corrected chi connectivity index (χ2v) is 10.5. The van der Waals surface area contributed by atoms with Crippen molar-refractivity contribution in [2.75, 3.05) is 17.2 Å². The number of hydrogen-bond donors (Lipinski definition) is 3. The van der Waals surface area contributed by atoms with Crippen LogP contribution in [0.2, 0.25) is 0 Å². The molecule has 1 unspecified atom stereocenters. The number of halogens is 1. The number of hydrogen-bond acceptors (Lipinski definition) is 5. The summed E-state index contributed by atoms with van der Waals surface area (Å²) in [5.74, 6) is -0.957. The van der Waals surface area contributed by atoms with Crippen LogP contribution in [-0.2, 0) is 9.59 Å². The molecule has 0 fully saturated rings. The van der Waals surface area contributed by atoms with Gasteiger partial charge in [0.05, 0.1) is 11.9 Å². The van der Waals surface area contributed by atoms with Gasteiger partial charge in [0.25, 0.3) is 11.8 Å². The first-order valence-corrected chi connectivity index (χ1v) is 14.1. The van der Waals surface area contributed by atoms with Crippen molar-refractivity contribution in [3.05, 3.63) is 126 Å². The maximum atomic E-state index is 13.4. The van der Waals surface area contributed by atoms with Crippen LogP contribution in [0.5, 0.6) is 5.75 Å². The van der Waals surface area contributed by atoms with Gasteiger partial charge in [0.2, 0.25) is 5.91 Å². The van der Waals surface area contributed by atoms with E-state index in [1.54, 1.807) is 79.7 Å². The van der Waals surface area contributed by atoms with Crippen molar-refractivity contribution < 1.29 is 23.5 Å². The van der Waals surface area contributed by atoms with Gasteiger partial charge < -0.3 is 20.7 Å². The summed E-state index contributed by atoms with van der Waals surface area (Å²) < 4.78 is 18.8. The van der Waals surface area contributed by atoms with Crippen molar-refractivity contribution in [2.24, 2.45) is 0 Å². The Bertz CT molecular complexity index is 1560. The van der Waals surface area contributed by atoms with Gasteiger partial charge in [-0.3, -0.25) is 14.4 Å². The van der Waals surface area contributed by atoms with E-state index >= 15 is 0 Å². The molecular formula is C33H30FN3O4S. The van der Waals surface area contributed by atoms with Crippen molar-refractivity contribution in [3.8, 4) is 5.75 Å². The Balaban J connectivity index is 1.46. The molecule has 0 saturated carbocycles. The van der Waals surface area contributed by atoms with Crippen molar-refractivity contribution in [1.82, 2.24) is 5.32 Å². The molecule has 0 aliphatic heterocycles. The van der Waals surface area contributed by atoms with E-state index in [1.807, 2.05) is 19.1 Å². The van der Waals surface area contributed by atoms with Crippen molar-refractivity contribution in [1.29, 1.82) is 0 Å². The average Bonchev–Trinajstić information content (AvgIpc) is 3.00. The van der Waals surface area contributed by atoms with Crippen molar-refractivity contribution in [3.63, 3.8) is 0 Å². The highest BCUT2D eigenvalue weighted by Crippen LogP contribution is 2.26. The van der Waals surface area contributed by atoms with Crippen LogP contribution in [0.15, 0.2) is 114 Å². The third-order valence-electron chi connectivity index (χ3n) is 5.95. The molecule has 3 N–H and O–H groups in total. The summed E-state index contributed by atoms with van der Waals surface area (Å²) in [5, 5.41) is 7.90. The zero-order valence-corrected chi connectivity index (χ0v) is 23.9. The largest absolute Gasteiger partial charge is 0.493 e. The van der Waals surface area contributed by atoms with Crippen LogP contribution in [0.3, 0.4) is 0 Å². The summed E-state index contributed by atoms with van der Waals surface area (Å²) in [7, 11) is 0. The quantitative estimate of drug-likeness (QED) is 0.134. The highest BCUT2D eigenvalue weighted by atomic mass is 32.2. The molecule has 4 aromatic rings. The van der Waals surface area contributed by atoms with E-state index in [2.05, 4.69) is 16.0 Å². The first-order valence-electron chi connectivity index (χ1n) is 13.3. The van der Waals surface area contributed by atoms with Crippen LogP contribution < -0.4 is 20.7 Å². The molecule has 0 spiro atoms. The van der Waals surface area contributed by atoms with Crippen LogP contribution in [0, 0.1) is 5.82 Å². The van der Waals surface area contributed by atoms with E-state index in [9.17, 15) is 18.8 Å². The highest BCUT2D eigenvalue weighted by Gasteiger charge is 2.17. The third-order valence-corrected chi connectivity index (χ3v) is 7.07. The third kappa shape index (κ3) is 8.55. The van der Waals surface area contributed by atoms with Gasteiger partial charge in [0, 0.05) is 27.4 Å². The number of nitrogens with one attached hydrogen (secondary N) is 3. The Morgan fingerprint density at radius 1 is 0.833 bits per heavy atom. The predicted octanol–water partition coefficient (Wildman–Crippen LogP) is 6.75. The molecule has 4 rings (SSSR count). The van der Waals surface area contributed by atoms with Crippen LogP contribution in [0.25, 0.3) is 6.08 Å². The van der Waals surface area contributed by atoms with Crippen LogP contribution >= 0.6 is 11.8 Å². The number of anilines is 2. The molecule has 0 aliphatic carbocycles. The maximum absolute atomic E-state index is 13.4. The van der Waals surface area contributed by atoms with Gasteiger partial charge in [0.15, 0.2) is 0 Å². The topological polar surface area (TPSA) is 96.5 Å². The number of thioether (sulfide) groups is 1. The minimum absolute atomic E-state index is 0.0422. The summed E-state index contributed by atoms with van der Waals surface area (Å²) in [5.41, 5.74) is 2.11. The first kappa shape index (κ1) is 30.1. The van der Waals surface area contributed by atoms with Gasteiger partial charge in [-0.05, 0) is 86.7 Å². The SMILES string of the molecule is CCOc1ccccc1/C=C(\NC(=O)c1ccccc1)C(=O)Nc1ccc(SC(C)C(=O)Nc2ccc(F)cc2)cc1. The highest BCUT2D eigenvalue weighted by molar-refractivity contribution is 8.00. The van der Waals surface area contributed by atoms with Gasteiger partial charge in [-0.2, -0.15) is 0 Å². The summed E-state index contributed by atoms with van der Waals surface area (Å²) in [6.45, 7) is 4.08. The molecule has 0 aromatic heterocycles. The van der Waals surface area contributed by atoms with E-state index < -0.39 is 17.1 Å². The molecule has 214 valence electrons. The number of ether oxygens (including phenoxy) is 1. The molecule has 0 aliphatic rings. The van der Waals surface area contributed by atoms with Gasteiger partial charge in [-0.1, -0.05) is 36.4 Å². The molecule has 0 radical (unpaired) electrons. The molecule has 42 heavy (non-hydrogen) atoms. The molecule has 0 saturated heterocycles. The Labute approximate surface area is 248 Å².